The summed E-state index contributed by atoms with van der Waals surface area (Å²) in [6.45, 7) is 4.83. The molecule has 0 aromatic heterocycles. The maximum absolute atomic E-state index is 5.29. The highest BCUT2D eigenvalue weighted by Gasteiger charge is 2.05. The fraction of sp³-hybridized carbons (Fsp3) is 0.750. The molecule has 0 saturated carbocycles. The summed E-state index contributed by atoms with van der Waals surface area (Å²) < 4.78 is 5.17. The van der Waals surface area contributed by atoms with Gasteiger partial charge in [-0.2, -0.15) is 0 Å². The van der Waals surface area contributed by atoms with Gasteiger partial charge >= 0.3 is 0 Å². The van der Waals surface area contributed by atoms with Crippen LogP contribution in [-0.2, 0) is 4.74 Å². The molecule has 0 spiro atoms. The molecule has 0 aliphatic rings. The van der Waals surface area contributed by atoms with Gasteiger partial charge < -0.3 is 10.5 Å². The first-order chi connectivity index (χ1) is 4.72. The Balaban J connectivity index is 3.71. The second-order valence-electron chi connectivity index (χ2n) is 2.61. The van der Waals surface area contributed by atoms with Gasteiger partial charge in [-0.25, -0.2) is 0 Å². The van der Waals surface area contributed by atoms with Crippen LogP contribution in [0, 0.1) is 5.92 Å². The molecular weight excluding hydrogens is 126 g/mol. The number of hydrogen-bond acceptors (Lipinski definition) is 2. The molecule has 0 amide bonds. The lowest BCUT2D eigenvalue weighted by Crippen LogP contribution is -2.15. The summed E-state index contributed by atoms with van der Waals surface area (Å²) in [6, 6.07) is 0. The second kappa shape index (κ2) is 5.45. The van der Waals surface area contributed by atoms with E-state index in [1.807, 2.05) is 12.2 Å². The average molecular weight is 143 g/mol. The molecule has 1 atom stereocenters. The summed E-state index contributed by atoms with van der Waals surface area (Å²) >= 11 is 0. The quantitative estimate of drug-likeness (QED) is 0.600. The Hall–Kier alpha value is -0.340. The highest BCUT2D eigenvalue weighted by molar-refractivity contribution is 4.91. The molecule has 1 unspecified atom stereocenters. The van der Waals surface area contributed by atoms with E-state index in [1.165, 1.54) is 0 Å². The zero-order valence-corrected chi connectivity index (χ0v) is 7.00. The highest BCUT2D eigenvalue weighted by atomic mass is 16.5. The molecule has 0 radical (unpaired) electrons. The molecule has 0 aliphatic carbocycles. The smallest absolute Gasteiger partial charge is 0.0775 e. The predicted octanol–water partition coefficient (Wildman–Crippen LogP) is 1.17. The topological polar surface area (TPSA) is 35.2 Å². The summed E-state index contributed by atoms with van der Waals surface area (Å²) in [4.78, 5) is 0. The van der Waals surface area contributed by atoms with Gasteiger partial charge in [0, 0.05) is 13.7 Å². The van der Waals surface area contributed by atoms with Crippen LogP contribution in [0.1, 0.15) is 13.8 Å². The summed E-state index contributed by atoms with van der Waals surface area (Å²) in [6.07, 6.45) is 4.14. The first-order valence-corrected chi connectivity index (χ1v) is 3.62. The van der Waals surface area contributed by atoms with Crippen LogP contribution in [0.5, 0.6) is 0 Å². The Morgan fingerprint density at radius 1 is 1.50 bits per heavy atom. The number of nitrogens with two attached hydrogens (primary N) is 1. The van der Waals surface area contributed by atoms with Crippen LogP contribution >= 0.6 is 0 Å². The van der Waals surface area contributed by atoms with Gasteiger partial charge in [0.15, 0.2) is 0 Å². The summed E-state index contributed by atoms with van der Waals surface area (Å²) in [5.74, 6) is 0.521. The second-order valence-corrected chi connectivity index (χ2v) is 2.61. The molecule has 60 valence electrons. The molecular formula is C8H17NO. The Kier molecular flexibility index (Phi) is 5.26. The largest absolute Gasteiger partial charge is 0.377 e. The van der Waals surface area contributed by atoms with Gasteiger partial charge in [-0.1, -0.05) is 26.0 Å². The lowest BCUT2D eigenvalue weighted by Gasteiger charge is -2.13. The molecule has 0 fully saturated rings. The number of rotatable bonds is 4. The van der Waals surface area contributed by atoms with Crippen LogP contribution in [0.2, 0.25) is 0 Å². The van der Waals surface area contributed by atoms with Gasteiger partial charge in [-0.15, -0.1) is 0 Å². The van der Waals surface area contributed by atoms with Gasteiger partial charge in [0.05, 0.1) is 6.10 Å². The molecule has 0 aromatic rings. The van der Waals surface area contributed by atoms with E-state index in [1.54, 1.807) is 7.11 Å². The Bertz CT molecular complexity index is 99.4. The zero-order valence-electron chi connectivity index (χ0n) is 7.00. The predicted molar refractivity (Wildman–Crippen MR) is 43.8 cm³/mol. The maximum atomic E-state index is 5.29. The minimum absolute atomic E-state index is 0.212. The van der Waals surface area contributed by atoms with E-state index in [0.717, 1.165) is 0 Å². The van der Waals surface area contributed by atoms with E-state index in [0.29, 0.717) is 12.5 Å². The zero-order chi connectivity index (χ0) is 7.98. The van der Waals surface area contributed by atoms with Gasteiger partial charge in [-0.3, -0.25) is 0 Å². The van der Waals surface area contributed by atoms with Crippen molar-refractivity contribution in [3.63, 3.8) is 0 Å². The van der Waals surface area contributed by atoms with Crippen LogP contribution in [0.15, 0.2) is 12.2 Å². The van der Waals surface area contributed by atoms with Crippen molar-refractivity contribution in [1.29, 1.82) is 0 Å². The molecule has 0 saturated heterocycles. The van der Waals surface area contributed by atoms with E-state index in [9.17, 15) is 0 Å². The van der Waals surface area contributed by atoms with Crippen LogP contribution in [0.25, 0.3) is 0 Å². The van der Waals surface area contributed by atoms with Gasteiger partial charge in [0.2, 0.25) is 0 Å². The Morgan fingerprint density at radius 2 is 2.10 bits per heavy atom. The average Bonchev–Trinajstić information content (AvgIpc) is 1.89. The molecule has 2 N–H and O–H groups in total. The first-order valence-electron chi connectivity index (χ1n) is 3.62. The van der Waals surface area contributed by atoms with E-state index >= 15 is 0 Å². The molecule has 0 bridgehead atoms. The highest BCUT2D eigenvalue weighted by Crippen LogP contribution is 2.05. The van der Waals surface area contributed by atoms with Crippen LogP contribution in [-0.4, -0.2) is 19.8 Å². The summed E-state index contributed by atoms with van der Waals surface area (Å²) in [5, 5.41) is 0. The normalized spacial score (nSPS) is 14.9. The van der Waals surface area contributed by atoms with Crippen molar-refractivity contribution in [3.05, 3.63) is 12.2 Å². The van der Waals surface area contributed by atoms with Crippen LogP contribution in [0.4, 0.5) is 0 Å². The monoisotopic (exact) mass is 143 g/mol. The Morgan fingerprint density at radius 3 is 2.40 bits per heavy atom. The van der Waals surface area contributed by atoms with Crippen molar-refractivity contribution in [2.45, 2.75) is 20.0 Å². The molecule has 0 aliphatic heterocycles. The third-order valence-electron chi connectivity index (χ3n) is 1.39. The molecule has 10 heavy (non-hydrogen) atoms. The molecule has 0 heterocycles. The minimum atomic E-state index is 0.212. The van der Waals surface area contributed by atoms with Crippen molar-refractivity contribution in [2.24, 2.45) is 11.7 Å². The van der Waals surface area contributed by atoms with Gasteiger partial charge in [0.1, 0.15) is 0 Å². The van der Waals surface area contributed by atoms with E-state index in [2.05, 4.69) is 13.8 Å². The molecule has 2 nitrogen and oxygen atoms in total. The van der Waals surface area contributed by atoms with Gasteiger partial charge in [0.25, 0.3) is 0 Å². The fourth-order valence-electron chi connectivity index (χ4n) is 0.786. The number of ether oxygens (including phenoxy) is 1. The van der Waals surface area contributed by atoms with E-state index in [-0.39, 0.29) is 6.10 Å². The first kappa shape index (κ1) is 9.66. The summed E-state index contributed by atoms with van der Waals surface area (Å²) in [5.41, 5.74) is 5.29. The SMILES string of the molecule is COC(/C=C/CN)C(C)C. The third-order valence-corrected chi connectivity index (χ3v) is 1.39. The number of hydrogen-bond donors (Lipinski definition) is 1. The van der Waals surface area contributed by atoms with Crippen molar-refractivity contribution in [3.8, 4) is 0 Å². The van der Waals surface area contributed by atoms with Crippen molar-refractivity contribution < 1.29 is 4.74 Å². The van der Waals surface area contributed by atoms with Crippen molar-refractivity contribution in [2.75, 3.05) is 13.7 Å². The standard InChI is InChI=1S/C8H17NO/c1-7(2)8(10-3)5-4-6-9/h4-5,7-8H,6,9H2,1-3H3/b5-4+. The van der Waals surface area contributed by atoms with Gasteiger partial charge in [-0.05, 0) is 5.92 Å². The lowest BCUT2D eigenvalue weighted by atomic mass is 10.1. The maximum Gasteiger partial charge on any atom is 0.0775 e. The van der Waals surface area contributed by atoms with Crippen LogP contribution in [0.3, 0.4) is 0 Å². The van der Waals surface area contributed by atoms with E-state index in [4.69, 9.17) is 10.5 Å². The van der Waals surface area contributed by atoms with Crippen molar-refractivity contribution in [1.82, 2.24) is 0 Å². The molecule has 0 aromatic carbocycles. The third kappa shape index (κ3) is 3.64. The molecule has 0 rings (SSSR count). The molecule has 2 heteroatoms. The fourth-order valence-corrected chi connectivity index (χ4v) is 0.786. The Labute approximate surface area is 63.1 Å². The van der Waals surface area contributed by atoms with Crippen LogP contribution < -0.4 is 5.73 Å². The van der Waals surface area contributed by atoms with E-state index < -0.39 is 0 Å². The lowest BCUT2D eigenvalue weighted by molar-refractivity contribution is 0.103. The van der Waals surface area contributed by atoms with Crippen molar-refractivity contribution >= 4 is 0 Å². The number of methoxy groups -OCH3 is 1. The summed E-state index contributed by atoms with van der Waals surface area (Å²) in [7, 11) is 1.71. The minimum Gasteiger partial charge on any atom is -0.377 e.